The second-order valence-corrected chi connectivity index (χ2v) is 4.83. The normalized spacial score (nSPS) is 10.7. The van der Waals surface area contributed by atoms with Crippen LogP contribution in [0, 0.1) is 12.7 Å². The molecule has 0 spiro atoms. The van der Waals surface area contributed by atoms with Crippen LogP contribution in [-0.4, -0.2) is 6.29 Å². The SMILES string of the molecule is Cc1ccc2ccccc2c1-c1ccc(F)c(C=O)c1. The van der Waals surface area contributed by atoms with Crippen LogP contribution in [0.3, 0.4) is 0 Å². The lowest BCUT2D eigenvalue weighted by Crippen LogP contribution is -1.91. The zero-order valence-electron chi connectivity index (χ0n) is 11.1. The average molecular weight is 264 g/mol. The molecule has 20 heavy (non-hydrogen) atoms. The van der Waals surface area contributed by atoms with Gasteiger partial charge in [-0.25, -0.2) is 4.39 Å². The molecule has 0 amide bonds. The van der Waals surface area contributed by atoms with Crippen molar-refractivity contribution in [2.45, 2.75) is 6.92 Å². The lowest BCUT2D eigenvalue weighted by atomic mass is 9.93. The molecule has 0 fully saturated rings. The van der Waals surface area contributed by atoms with Gasteiger partial charge in [0.05, 0.1) is 5.56 Å². The molecule has 2 heteroatoms. The number of fused-ring (bicyclic) bond motifs is 1. The molecule has 0 saturated carbocycles. The van der Waals surface area contributed by atoms with Crippen LogP contribution in [0.4, 0.5) is 4.39 Å². The second-order valence-electron chi connectivity index (χ2n) is 4.83. The first-order chi connectivity index (χ1) is 9.70. The highest BCUT2D eigenvalue weighted by Crippen LogP contribution is 2.32. The fourth-order valence-electron chi connectivity index (χ4n) is 2.55. The highest BCUT2D eigenvalue weighted by Gasteiger charge is 2.09. The Morgan fingerprint density at radius 1 is 1.00 bits per heavy atom. The van der Waals surface area contributed by atoms with Crippen molar-refractivity contribution in [3.8, 4) is 11.1 Å². The van der Waals surface area contributed by atoms with Gasteiger partial charge < -0.3 is 0 Å². The van der Waals surface area contributed by atoms with Gasteiger partial charge in [0.1, 0.15) is 5.82 Å². The Morgan fingerprint density at radius 3 is 2.60 bits per heavy atom. The van der Waals surface area contributed by atoms with Crippen molar-refractivity contribution in [2.75, 3.05) is 0 Å². The molecule has 0 atom stereocenters. The van der Waals surface area contributed by atoms with Crippen LogP contribution in [-0.2, 0) is 0 Å². The summed E-state index contributed by atoms with van der Waals surface area (Å²) in [6.45, 7) is 2.02. The molecule has 98 valence electrons. The first-order valence-electron chi connectivity index (χ1n) is 6.44. The molecule has 3 aromatic rings. The quantitative estimate of drug-likeness (QED) is 0.609. The molecule has 0 unspecified atom stereocenters. The molecule has 0 aliphatic rings. The molecule has 0 aliphatic carbocycles. The lowest BCUT2D eigenvalue weighted by Gasteiger charge is -2.11. The number of carbonyl (C=O) groups is 1. The molecule has 0 N–H and O–H groups in total. The maximum atomic E-state index is 13.5. The Labute approximate surface area is 116 Å². The Balaban J connectivity index is 2.34. The van der Waals surface area contributed by atoms with E-state index in [1.165, 1.54) is 6.07 Å². The number of halogens is 1. The zero-order valence-corrected chi connectivity index (χ0v) is 11.1. The average Bonchev–Trinajstić information content (AvgIpc) is 2.48. The first-order valence-corrected chi connectivity index (χ1v) is 6.44. The summed E-state index contributed by atoms with van der Waals surface area (Å²) >= 11 is 0. The number of hydrogen-bond donors (Lipinski definition) is 0. The van der Waals surface area contributed by atoms with Crippen LogP contribution in [0.15, 0.2) is 54.6 Å². The van der Waals surface area contributed by atoms with Crippen molar-refractivity contribution in [3.05, 3.63) is 71.5 Å². The van der Waals surface area contributed by atoms with Crippen LogP contribution in [0.25, 0.3) is 21.9 Å². The highest BCUT2D eigenvalue weighted by molar-refractivity contribution is 5.98. The number of benzene rings is 3. The van der Waals surface area contributed by atoms with E-state index in [1.807, 2.05) is 37.3 Å². The van der Waals surface area contributed by atoms with Gasteiger partial charge in [-0.3, -0.25) is 4.79 Å². The molecule has 0 bridgehead atoms. The van der Waals surface area contributed by atoms with Crippen molar-refractivity contribution >= 4 is 17.1 Å². The summed E-state index contributed by atoms with van der Waals surface area (Å²) in [4.78, 5) is 10.9. The third-order valence-corrected chi connectivity index (χ3v) is 3.55. The molecular formula is C18H13FO. The molecule has 0 heterocycles. The minimum atomic E-state index is -0.485. The van der Waals surface area contributed by atoms with E-state index in [2.05, 4.69) is 6.07 Å². The third kappa shape index (κ3) is 1.99. The number of hydrogen-bond acceptors (Lipinski definition) is 1. The monoisotopic (exact) mass is 264 g/mol. The Bertz CT molecular complexity index is 806. The second kappa shape index (κ2) is 4.89. The van der Waals surface area contributed by atoms with Gasteiger partial charge in [0.25, 0.3) is 0 Å². The summed E-state index contributed by atoms with van der Waals surface area (Å²) in [7, 11) is 0. The summed E-state index contributed by atoms with van der Waals surface area (Å²) in [5.74, 6) is -0.485. The van der Waals surface area contributed by atoms with Crippen LogP contribution >= 0.6 is 0 Å². The Kier molecular flexibility index (Phi) is 3.07. The number of aldehydes is 1. The predicted molar refractivity (Wildman–Crippen MR) is 79.5 cm³/mol. The van der Waals surface area contributed by atoms with E-state index in [1.54, 1.807) is 12.1 Å². The van der Waals surface area contributed by atoms with Gasteiger partial charge in [0, 0.05) is 0 Å². The molecule has 0 aromatic heterocycles. The summed E-state index contributed by atoms with van der Waals surface area (Å²) in [5, 5.41) is 2.24. The molecule has 3 aromatic carbocycles. The first kappa shape index (κ1) is 12.5. The third-order valence-electron chi connectivity index (χ3n) is 3.55. The largest absolute Gasteiger partial charge is 0.298 e. The molecule has 1 nitrogen and oxygen atoms in total. The number of rotatable bonds is 2. The van der Waals surface area contributed by atoms with Crippen molar-refractivity contribution in [1.82, 2.24) is 0 Å². The molecule has 0 radical (unpaired) electrons. The predicted octanol–water partition coefficient (Wildman–Crippen LogP) is 4.77. The van der Waals surface area contributed by atoms with Gasteiger partial charge in [-0.15, -0.1) is 0 Å². The standard InChI is InChI=1S/C18H13FO/c1-12-6-7-13-4-2-3-5-16(13)18(12)14-8-9-17(19)15(10-14)11-20/h2-11H,1H3. The van der Waals surface area contributed by atoms with E-state index in [9.17, 15) is 9.18 Å². The smallest absolute Gasteiger partial charge is 0.153 e. The topological polar surface area (TPSA) is 17.1 Å². The van der Waals surface area contributed by atoms with E-state index >= 15 is 0 Å². The Morgan fingerprint density at radius 2 is 1.80 bits per heavy atom. The van der Waals surface area contributed by atoms with E-state index in [4.69, 9.17) is 0 Å². The van der Waals surface area contributed by atoms with Gasteiger partial charge in [0.15, 0.2) is 6.29 Å². The van der Waals surface area contributed by atoms with E-state index < -0.39 is 5.82 Å². The van der Waals surface area contributed by atoms with Gasteiger partial charge in [0.2, 0.25) is 0 Å². The van der Waals surface area contributed by atoms with Crippen molar-refractivity contribution in [1.29, 1.82) is 0 Å². The van der Waals surface area contributed by atoms with Crippen LogP contribution in [0.2, 0.25) is 0 Å². The summed E-state index contributed by atoms with van der Waals surface area (Å²) in [6, 6.07) is 16.8. The lowest BCUT2D eigenvalue weighted by molar-refractivity contribution is 0.112. The summed E-state index contributed by atoms with van der Waals surface area (Å²) in [6.07, 6.45) is 0.555. The molecule has 0 aliphatic heterocycles. The number of carbonyl (C=O) groups excluding carboxylic acids is 1. The van der Waals surface area contributed by atoms with E-state index in [0.717, 1.165) is 27.5 Å². The van der Waals surface area contributed by atoms with Gasteiger partial charge in [-0.05, 0) is 46.5 Å². The van der Waals surface area contributed by atoms with Gasteiger partial charge >= 0.3 is 0 Å². The summed E-state index contributed by atoms with van der Waals surface area (Å²) in [5.41, 5.74) is 3.11. The van der Waals surface area contributed by atoms with Crippen LogP contribution in [0.1, 0.15) is 15.9 Å². The molecular weight excluding hydrogens is 251 g/mol. The molecule has 0 saturated heterocycles. The van der Waals surface area contributed by atoms with Gasteiger partial charge in [-0.1, -0.05) is 42.5 Å². The van der Waals surface area contributed by atoms with Crippen LogP contribution < -0.4 is 0 Å². The fourth-order valence-corrected chi connectivity index (χ4v) is 2.55. The minimum Gasteiger partial charge on any atom is -0.298 e. The maximum Gasteiger partial charge on any atom is 0.153 e. The minimum absolute atomic E-state index is 0.0924. The Hall–Kier alpha value is -2.48. The fraction of sp³-hybridized carbons (Fsp3) is 0.0556. The zero-order chi connectivity index (χ0) is 14.1. The molecule has 3 rings (SSSR count). The highest BCUT2D eigenvalue weighted by atomic mass is 19.1. The summed E-state index contributed by atoms with van der Waals surface area (Å²) < 4.78 is 13.5. The number of aryl methyl sites for hydroxylation is 1. The van der Waals surface area contributed by atoms with Crippen molar-refractivity contribution < 1.29 is 9.18 Å². The van der Waals surface area contributed by atoms with Crippen LogP contribution in [0.5, 0.6) is 0 Å². The van der Waals surface area contributed by atoms with E-state index in [-0.39, 0.29) is 5.56 Å². The van der Waals surface area contributed by atoms with Gasteiger partial charge in [-0.2, -0.15) is 0 Å². The van der Waals surface area contributed by atoms with E-state index in [0.29, 0.717) is 6.29 Å². The van der Waals surface area contributed by atoms with Crippen molar-refractivity contribution in [3.63, 3.8) is 0 Å². The van der Waals surface area contributed by atoms with Crippen molar-refractivity contribution in [2.24, 2.45) is 0 Å². The maximum absolute atomic E-state index is 13.5.